The molecule has 1 saturated heterocycles. The molecule has 0 amide bonds. The van der Waals surface area contributed by atoms with Gasteiger partial charge in [0.1, 0.15) is 0 Å². The average Bonchev–Trinajstić information content (AvgIpc) is 3.47. The maximum Gasteiger partial charge on any atom is 0.269 e. The van der Waals surface area contributed by atoms with Gasteiger partial charge in [-0.25, -0.2) is 4.99 Å². The minimum atomic E-state index is -0.403. The number of aliphatic imine (C=N–C) groups is 1. The van der Waals surface area contributed by atoms with Crippen molar-refractivity contribution in [2.45, 2.75) is 31.9 Å². The molecular weight excluding hydrogens is 527 g/mol. The van der Waals surface area contributed by atoms with Crippen LogP contribution in [-0.4, -0.2) is 43.5 Å². The number of ether oxygens (including phenoxy) is 3. The molecule has 1 fully saturated rings. The molecule has 2 N–H and O–H groups in total. The van der Waals surface area contributed by atoms with Gasteiger partial charge in [-0.05, 0) is 42.5 Å². The number of halogens is 1. The summed E-state index contributed by atoms with van der Waals surface area (Å²) in [5, 5.41) is 17.5. The fraction of sp³-hybridized carbons (Fsp3) is 0.409. The second-order valence-corrected chi connectivity index (χ2v) is 7.47. The number of guanidine groups is 1. The molecule has 2 aliphatic heterocycles. The van der Waals surface area contributed by atoms with Crippen molar-refractivity contribution in [3.8, 4) is 11.5 Å². The van der Waals surface area contributed by atoms with Crippen LogP contribution in [0.3, 0.4) is 0 Å². The average molecular weight is 554 g/mol. The van der Waals surface area contributed by atoms with Crippen LogP contribution in [0.15, 0.2) is 47.5 Å². The Morgan fingerprint density at radius 2 is 1.88 bits per heavy atom. The van der Waals surface area contributed by atoms with E-state index in [4.69, 9.17) is 14.2 Å². The highest BCUT2D eigenvalue weighted by atomic mass is 127. The molecule has 0 aromatic heterocycles. The van der Waals surface area contributed by atoms with Crippen LogP contribution in [0.1, 0.15) is 24.0 Å². The van der Waals surface area contributed by atoms with Crippen LogP contribution in [0.25, 0.3) is 0 Å². The first-order chi connectivity index (χ1) is 15.2. The highest BCUT2D eigenvalue weighted by Gasteiger charge is 2.16. The summed E-state index contributed by atoms with van der Waals surface area (Å²) >= 11 is 0. The van der Waals surface area contributed by atoms with Gasteiger partial charge in [-0.15, -0.1) is 24.0 Å². The summed E-state index contributed by atoms with van der Waals surface area (Å²) < 4.78 is 16.5. The van der Waals surface area contributed by atoms with Gasteiger partial charge in [0.2, 0.25) is 6.79 Å². The topological polar surface area (TPSA) is 107 Å². The van der Waals surface area contributed by atoms with Crippen molar-refractivity contribution in [2.75, 3.05) is 26.5 Å². The predicted molar refractivity (Wildman–Crippen MR) is 131 cm³/mol. The molecule has 32 heavy (non-hydrogen) atoms. The second-order valence-electron chi connectivity index (χ2n) is 7.47. The Labute approximate surface area is 203 Å². The lowest BCUT2D eigenvalue weighted by atomic mass is 10.1. The summed E-state index contributed by atoms with van der Waals surface area (Å²) in [6, 6.07) is 12.4. The number of nitro benzene ring substituents is 1. The molecule has 1 atom stereocenters. The van der Waals surface area contributed by atoms with E-state index in [0.717, 1.165) is 48.5 Å². The van der Waals surface area contributed by atoms with Crippen molar-refractivity contribution < 1.29 is 19.1 Å². The number of non-ortho nitro benzene ring substituents is 1. The lowest BCUT2D eigenvalue weighted by Gasteiger charge is -2.16. The molecule has 0 aliphatic carbocycles. The molecule has 0 radical (unpaired) electrons. The van der Waals surface area contributed by atoms with Crippen LogP contribution < -0.4 is 20.1 Å². The van der Waals surface area contributed by atoms with E-state index in [1.165, 1.54) is 12.1 Å². The van der Waals surface area contributed by atoms with Crippen molar-refractivity contribution in [3.05, 3.63) is 63.7 Å². The minimum absolute atomic E-state index is 0. The molecule has 9 nitrogen and oxygen atoms in total. The van der Waals surface area contributed by atoms with E-state index < -0.39 is 4.92 Å². The molecule has 0 saturated carbocycles. The third-order valence-corrected chi connectivity index (χ3v) is 5.23. The van der Waals surface area contributed by atoms with Crippen molar-refractivity contribution in [1.82, 2.24) is 10.6 Å². The Kier molecular flexibility index (Phi) is 8.91. The molecular formula is C22H27IN4O5. The van der Waals surface area contributed by atoms with E-state index in [1.54, 1.807) is 12.1 Å². The Morgan fingerprint density at radius 1 is 1.09 bits per heavy atom. The lowest BCUT2D eigenvalue weighted by Crippen LogP contribution is -2.41. The van der Waals surface area contributed by atoms with Crippen molar-refractivity contribution in [3.63, 3.8) is 0 Å². The van der Waals surface area contributed by atoms with Crippen LogP contribution in [0.2, 0.25) is 0 Å². The smallest absolute Gasteiger partial charge is 0.269 e. The van der Waals surface area contributed by atoms with Gasteiger partial charge < -0.3 is 24.8 Å². The summed E-state index contributed by atoms with van der Waals surface area (Å²) in [6.07, 6.45) is 3.12. The number of fused-ring (bicyclic) bond motifs is 1. The molecule has 2 aromatic carbocycles. The van der Waals surface area contributed by atoms with Gasteiger partial charge in [-0.3, -0.25) is 10.1 Å². The Morgan fingerprint density at radius 3 is 2.62 bits per heavy atom. The molecule has 2 aromatic rings. The Bertz CT molecular complexity index is 932. The molecule has 10 heteroatoms. The lowest BCUT2D eigenvalue weighted by molar-refractivity contribution is -0.384. The van der Waals surface area contributed by atoms with E-state index in [0.29, 0.717) is 25.6 Å². The van der Waals surface area contributed by atoms with Crippen LogP contribution in [0, 0.1) is 10.1 Å². The zero-order chi connectivity index (χ0) is 21.5. The number of benzene rings is 2. The summed E-state index contributed by atoms with van der Waals surface area (Å²) in [5.41, 5.74) is 2.12. The SMILES string of the molecule is I.O=[N+]([O-])c1ccc(CN=C(NCCc2ccc3c(c2)OCO3)NCC2CCCO2)cc1. The zero-order valence-electron chi connectivity index (χ0n) is 17.6. The first-order valence-electron chi connectivity index (χ1n) is 10.4. The third-order valence-electron chi connectivity index (χ3n) is 5.23. The van der Waals surface area contributed by atoms with E-state index >= 15 is 0 Å². The number of hydrogen-bond donors (Lipinski definition) is 2. The van der Waals surface area contributed by atoms with Gasteiger partial charge in [0.15, 0.2) is 17.5 Å². The maximum atomic E-state index is 10.8. The van der Waals surface area contributed by atoms with E-state index in [1.807, 2.05) is 18.2 Å². The highest BCUT2D eigenvalue weighted by Crippen LogP contribution is 2.32. The van der Waals surface area contributed by atoms with Gasteiger partial charge in [0, 0.05) is 31.8 Å². The fourth-order valence-electron chi connectivity index (χ4n) is 3.51. The quantitative estimate of drug-likeness (QED) is 0.169. The monoisotopic (exact) mass is 554 g/mol. The zero-order valence-corrected chi connectivity index (χ0v) is 19.9. The molecule has 2 heterocycles. The molecule has 4 rings (SSSR count). The largest absolute Gasteiger partial charge is 0.454 e. The van der Waals surface area contributed by atoms with Gasteiger partial charge >= 0.3 is 0 Å². The second kappa shape index (κ2) is 11.9. The van der Waals surface area contributed by atoms with E-state index in [-0.39, 0.29) is 42.6 Å². The molecule has 1 unspecified atom stereocenters. The van der Waals surface area contributed by atoms with E-state index in [2.05, 4.69) is 15.6 Å². The van der Waals surface area contributed by atoms with Gasteiger partial charge in [0.05, 0.1) is 17.6 Å². The standard InChI is InChI=1S/C22H26N4O5.HI/c27-26(28)18-6-3-17(4-7-18)13-24-22(25-14-19-2-1-11-29-19)23-10-9-16-5-8-20-21(12-16)31-15-30-20;/h3-8,12,19H,1-2,9-11,13-15H2,(H2,23,24,25);1H. The van der Waals surface area contributed by atoms with Crippen LogP contribution in [0.5, 0.6) is 11.5 Å². The predicted octanol–water partition coefficient (Wildman–Crippen LogP) is 3.40. The summed E-state index contributed by atoms with van der Waals surface area (Å²) in [6.45, 7) is 2.87. The Hall–Kier alpha value is -2.60. The number of nitrogens with zero attached hydrogens (tertiary/aromatic N) is 2. The minimum Gasteiger partial charge on any atom is -0.454 e. The number of rotatable bonds is 8. The van der Waals surface area contributed by atoms with Gasteiger partial charge in [-0.1, -0.05) is 18.2 Å². The molecule has 172 valence electrons. The first kappa shape index (κ1) is 24.1. The molecule has 0 spiro atoms. The summed E-state index contributed by atoms with van der Waals surface area (Å²) in [5.74, 6) is 2.25. The number of hydrogen-bond acceptors (Lipinski definition) is 6. The summed E-state index contributed by atoms with van der Waals surface area (Å²) in [7, 11) is 0. The van der Waals surface area contributed by atoms with Crippen molar-refractivity contribution >= 4 is 35.6 Å². The van der Waals surface area contributed by atoms with Crippen LogP contribution in [-0.2, 0) is 17.7 Å². The fourth-order valence-corrected chi connectivity index (χ4v) is 3.51. The third kappa shape index (κ3) is 6.70. The van der Waals surface area contributed by atoms with Crippen LogP contribution in [0.4, 0.5) is 5.69 Å². The van der Waals surface area contributed by atoms with E-state index in [9.17, 15) is 10.1 Å². The first-order valence-corrected chi connectivity index (χ1v) is 10.4. The maximum absolute atomic E-state index is 10.8. The Balaban J connectivity index is 0.00000289. The van der Waals surface area contributed by atoms with Crippen LogP contribution >= 0.6 is 24.0 Å². The number of nitro groups is 1. The molecule has 2 aliphatic rings. The van der Waals surface area contributed by atoms with Crippen molar-refractivity contribution in [1.29, 1.82) is 0 Å². The van der Waals surface area contributed by atoms with Crippen molar-refractivity contribution in [2.24, 2.45) is 4.99 Å². The normalized spacial score (nSPS) is 17.0. The van der Waals surface area contributed by atoms with Gasteiger partial charge in [0.25, 0.3) is 5.69 Å². The summed E-state index contributed by atoms with van der Waals surface area (Å²) in [4.78, 5) is 15.1. The van der Waals surface area contributed by atoms with Gasteiger partial charge in [-0.2, -0.15) is 0 Å². The molecule has 0 bridgehead atoms. The highest BCUT2D eigenvalue weighted by molar-refractivity contribution is 14.0. The number of nitrogens with one attached hydrogen (secondary N) is 2.